The van der Waals surface area contributed by atoms with E-state index in [1.54, 1.807) is 16.2 Å². The molecule has 5 heteroatoms. The topological polar surface area (TPSA) is 45.2 Å². The second kappa shape index (κ2) is 6.59. The lowest BCUT2D eigenvalue weighted by atomic mass is 10.3. The minimum atomic E-state index is 0.0221. The van der Waals surface area contributed by atoms with Crippen LogP contribution in [0.15, 0.2) is 0 Å². The highest BCUT2D eigenvalue weighted by Crippen LogP contribution is 2.16. The summed E-state index contributed by atoms with van der Waals surface area (Å²) >= 11 is 1.71. The number of hydrogen-bond donors (Lipinski definition) is 1. The van der Waals surface area contributed by atoms with Crippen LogP contribution in [0.1, 0.15) is 29.4 Å². The van der Waals surface area contributed by atoms with E-state index >= 15 is 0 Å². The van der Waals surface area contributed by atoms with Gasteiger partial charge < -0.3 is 10.2 Å². The standard InChI is InChI=1S/C12H21N3OS/c1-5-15(6-2)12(16)13-8-7-11-9(3)14-10(4)17-11/h5-8H2,1-4H3,(H,13,16). The van der Waals surface area contributed by atoms with Gasteiger partial charge in [-0.15, -0.1) is 11.3 Å². The number of aromatic nitrogens is 1. The fourth-order valence-corrected chi connectivity index (χ4v) is 2.65. The van der Waals surface area contributed by atoms with Gasteiger partial charge in [0.05, 0.1) is 10.7 Å². The minimum absolute atomic E-state index is 0.0221. The minimum Gasteiger partial charge on any atom is -0.338 e. The first-order chi connectivity index (χ1) is 8.08. The SMILES string of the molecule is CCN(CC)C(=O)NCCc1sc(C)nc1C. The van der Waals surface area contributed by atoms with Crippen LogP contribution < -0.4 is 5.32 Å². The fraction of sp³-hybridized carbons (Fsp3) is 0.667. The van der Waals surface area contributed by atoms with Gasteiger partial charge in [0.25, 0.3) is 0 Å². The van der Waals surface area contributed by atoms with Gasteiger partial charge in [0.1, 0.15) is 0 Å². The van der Waals surface area contributed by atoms with E-state index in [4.69, 9.17) is 0 Å². The maximum Gasteiger partial charge on any atom is 0.317 e. The number of aryl methyl sites for hydroxylation is 2. The second-order valence-electron chi connectivity index (χ2n) is 3.90. The van der Waals surface area contributed by atoms with Crippen molar-refractivity contribution >= 4 is 17.4 Å². The van der Waals surface area contributed by atoms with Crippen molar-refractivity contribution in [2.45, 2.75) is 34.1 Å². The molecule has 0 aliphatic rings. The molecular formula is C12H21N3OS. The first-order valence-corrected chi connectivity index (χ1v) is 6.85. The van der Waals surface area contributed by atoms with Crippen molar-refractivity contribution in [1.82, 2.24) is 15.2 Å². The number of nitrogens with one attached hydrogen (secondary N) is 1. The van der Waals surface area contributed by atoms with Crippen LogP contribution in [0.3, 0.4) is 0 Å². The van der Waals surface area contributed by atoms with E-state index < -0.39 is 0 Å². The summed E-state index contributed by atoms with van der Waals surface area (Å²) in [6, 6.07) is 0.0221. The molecule has 0 spiro atoms. The number of amides is 2. The van der Waals surface area contributed by atoms with Crippen LogP contribution >= 0.6 is 11.3 Å². The molecule has 1 aromatic rings. The molecule has 0 aliphatic carbocycles. The van der Waals surface area contributed by atoms with Crippen molar-refractivity contribution in [3.63, 3.8) is 0 Å². The summed E-state index contributed by atoms with van der Waals surface area (Å²) in [6.07, 6.45) is 0.865. The molecule has 1 rings (SSSR count). The molecule has 4 nitrogen and oxygen atoms in total. The first-order valence-electron chi connectivity index (χ1n) is 6.04. The molecule has 0 radical (unpaired) electrons. The Morgan fingerprint density at radius 2 is 2.00 bits per heavy atom. The zero-order chi connectivity index (χ0) is 12.8. The van der Waals surface area contributed by atoms with Gasteiger partial charge in [-0.3, -0.25) is 0 Å². The van der Waals surface area contributed by atoms with Crippen LogP contribution in [0.4, 0.5) is 4.79 Å². The Kier molecular flexibility index (Phi) is 5.41. The molecule has 0 unspecified atom stereocenters. The zero-order valence-corrected chi connectivity index (χ0v) is 11.9. The van der Waals surface area contributed by atoms with Crippen LogP contribution in [0, 0.1) is 13.8 Å². The molecule has 0 saturated carbocycles. The molecule has 1 N–H and O–H groups in total. The molecular weight excluding hydrogens is 234 g/mol. The molecule has 17 heavy (non-hydrogen) atoms. The average Bonchev–Trinajstić information content (AvgIpc) is 2.59. The summed E-state index contributed by atoms with van der Waals surface area (Å²) < 4.78 is 0. The van der Waals surface area contributed by atoms with Gasteiger partial charge in [0.15, 0.2) is 0 Å². The van der Waals surface area contributed by atoms with Crippen molar-refractivity contribution in [3.05, 3.63) is 15.6 Å². The van der Waals surface area contributed by atoms with Gasteiger partial charge in [-0.2, -0.15) is 0 Å². The molecule has 0 fully saturated rings. The van der Waals surface area contributed by atoms with E-state index in [2.05, 4.69) is 10.3 Å². The summed E-state index contributed by atoms with van der Waals surface area (Å²) in [5.74, 6) is 0. The molecule has 1 aromatic heterocycles. The first kappa shape index (κ1) is 14.0. The lowest BCUT2D eigenvalue weighted by Crippen LogP contribution is -2.40. The highest BCUT2D eigenvalue weighted by atomic mass is 32.1. The predicted molar refractivity (Wildman–Crippen MR) is 71.6 cm³/mol. The number of urea groups is 1. The number of carbonyl (C=O) groups is 1. The van der Waals surface area contributed by atoms with Crippen molar-refractivity contribution in [3.8, 4) is 0 Å². The molecule has 96 valence electrons. The number of nitrogens with zero attached hydrogens (tertiary/aromatic N) is 2. The Morgan fingerprint density at radius 1 is 1.35 bits per heavy atom. The largest absolute Gasteiger partial charge is 0.338 e. The smallest absolute Gasteiger partial charge is 0.317 e. The van der Waals surface area contributed by atoms with Crippen LogP contribution in [0.5, 0.6) is 0 Å². The predicted octanol–water partition coefficient (Wildman–Crippen LogP) is 2.35. The van der Waals surface area contributed by atoms with Crippen molar-refractivity contribution in [1.29, 1.82) is 0 Å². The van der Waals surface area contributed by atoms with E-state index in [9.17, 15) is 4.79 Å². The van der Waals surface area contributed by atoms with Gasteiger partial charge >= 0.3 is 6.03 Å². The Balaban J connectivity index is 2.37. The Hall–Kier alpha value is -1.10. The number of hydrogen-bond acceptors (Lipinski definition) is 3. The monoisotopic (exact) mass is 255 g/mol. The van der Waals surface area contributed by atoms with Gasteiger partial charge in [0.2, 0.25) is 0 Å². The number of thiazole rings is 1. The molecule has 0 aliphatic heterocycles. The summed E-state index contributed by atoms with van der Waals surface area (Å²) in [4.78, 5) is 19.1. The highest BCUT2D eigenvalue weighted by molar-refractivity contribution is 7.11. The van der Waals surface area contributed by atoms with Gasteiger partial charge in [-0.1, -0.05) is 0 Å². The van der Waals surface area contributed by atoms with Gasteiger partial charge in [-0.05, 0) is 27.7 Å². The van der Waals surface area contributed by atoms with Gasteiger partial charge in [0, 0.05) is 30.9 Å². The van der Waals surface area contributed by atoms with Crippen molar-refractivity contribution < 1.29 is 4.79 Å². The highest BCUT2D eigenvalue weighted by Gasteiger charge is 2.09. The van der Waals surface area contributed by atoms with Crippen LogP contribution in [0.25, 0.3) is 0 Å². The summed E-state index contributed by atoms with van der Waals surface area (Å²) in [5, 5.41) is 4.03. The van der Waals surface area contributed by atoms with E-state index in [0.717, 1.165) is 30.2 Å². The summed E-state index contributed by atoms with van der Waals surface area (Å²) in [7, 11) is 0. The fourth-order valence-electron chi connectivity index (χ4n) is 1.71. The molecule has 0 aromatic carbocycles. The van der Waals surface area contributed by atoms with E-state index in [0.29, 0.717) is 6.54 Å². The maximum absolute atomic E-state index is 11.7. The normalized spacial score (nSPS) is 10.4. The maximum atomic E-state index is 11.7. The van der Waals surface area contributed by atoms with Crippen molar-refractivity contribution in [2.24, 2.45) is 0 Å². The van der Waals surface area contributed by atoms with E-state index in [1.807, 2.05) is 27.7 Å². The molecule has 0 saturated heterocycles. The Morgan fingerprint density at radius 3 is 2.47 bits per heavy atom. The molecule has 2 amide bonds. The van der Waals surface area contributed by atoms with Crippen molar-refractivity contribution in [2.75, 3.05) is 19.6 Å². The Labute approximate surface area is 107 Å². The third-order valence-corrected chi connectivity index (χ3v) is 3.81. The third-order valence-electron chi connectivity index (χ3n) is 2.68. The Bertz CT molecular complexity index is 372. The molecule has 0 bridgehead atoms. The van der Waals surface area contributed by atoms with Crippen LogP contribution in [-0.2, 0) is 6.42 Å². The van der Waals surface area contributed by atoms with E-state index in [1.165, 1.54) is 4.88 Å². The number of rotatable bonds is 5. The van der Waals surface area contributed by atoms with Crippen LogP contribution in [-0.4, -0.2) is 35.5 Å². The summed E-state index contributed by atoms with van der Waals surface area (Å²) in [6.45, 7) is 10.2. The lowest BCUT2D eigenvalue weighted by molar-refractivity contribution is 0.203. The molecule has 0 atom stereocenters. The van der Waals surface area contributed by atoms with Gasteiger partial charge in [-0.25, -0.2) is 9.78 Å². The lowest BCUT2D eigenvalue weighted by Gasteiger charge is -2.18. The zero-order valence-electron chi connectivity index (χ0n) is 11.0. The van der Waals surface area contributed by atoms with Crippen LogP contribution in [0.2, 0.25) is 0 Å². The quantitative estimate of drug-likeness (QED) is 0.878. The van der Waals surface area contributed by atoms with E-state index in [-0.39, 0.29) is 6.03 Å². The third kappa shape index (κ3) is 4.00. The number of carbonyl (C=O) groups excluding carboxylic acids is 1. The molecule has 1 heterocycles. The second-order valence-corrected chi connectivity index (χ2v) is 5.18. The average molecular weight is 255 g/mol. The summed E-state index contributed by atoms with van der Waals surface area (Å²) in [5.41, 5.74) is 1.09.